The van der Waals surface area contributed by atoms with Gasteiger partial charge < -0.3 is 5.11 Å². The molecule has 1 rings (SSSR count). The molecule has 0 saturated carbocycles. The summed E-state index contributed by atoms with van der Waals surface area (Å²) in [4.78, 5) is 13.1. The second-order valence-electron chi connectivity index (χ2n) is 4.81. The predicted octanol–water partition coefficient (Wildman–Crippen LogP) is 2.71. The quantitative estimate of drug-likeness (QED) is 0.853. The molecular weight excluding hydrogens is 214 g/mol. The van der Waals surface area contributed by atoms with Crippen molar-refractivity contribution in [2.75, 3.05) is 7.05 Å². The minimum absolute atomic E-state index is 0.438. The number of carbonyl (C=O) groups is 1. The summed E-state index contributed by atoms with van der Waals surface area (Å²) in [6.07, 6.45) is 0. The molecule has 0 aliphatic heterocycles. The Morgan fingerprint density at radius 1 is 1.24 bits per heavy atom. The Kier molecular flexibility index (Phi) is 4.70. The lowest BCUT2D eigenvalue weighted by Gasteiger charge is -2.21. The topological polar surface area (TPSA) is 40.5 Å². The summed E-state index contributed by atoms with van der Waals surface area (Å²) in [6.45, 7) is 6.90. The SMILES string of the molecule is CC(C(=O)O)c1ccc(CN(C)C(C)C)cc1. The zero-order chi connectivity index (χ0) is 13.0. The first-order valence-corrected chi connectivity index (χ1v) is 5.93. The summed E-state index contributed by atoms with van der Waals surface area (Å²) in [7, 11) is 2.08. The summed E-state index contributed by atoms with van der Waals surface area (Å²) in [6, 6.07) is 8.33. The van der Waals surface area contributed by atoms with E-state index in [-0.39, 0.29) is 0 Å². The molecule has 1 aromatic rings. The van der Waals surface area contributed by atoms with E-state index in [9.17, 15) is 4.79 Å². The summed E-state index contributed by atoms with van der Waals surface area (Å²) >= 11 is 0. The number of hydrogen-bond donors (Lipinski definition) is 1. The molecule has 0 fully saturated rings. The fourth-order valence-corrected chi connectivity index (χ4v) is 1.52. The van der Waals surface area contributed by atoms with Crippen LogP contribution in [0.1, 0.15) is 37.8 Å². The van der Waals surface area contributed by atoms with Gasteiger partial charge >= 0.3 is 5.97 Å². The molecule has 0 bridgehead atoms. The van der Waals surface area contributed by atoms with Crippen LogP contribution in [0.15, 0.2) is 24.3 Å². The lowest BCUT2D eigenvalue weighted by Crippen LogP contribution is -2.25. The van der Waals surface area contributed by atoms with E-state index in [1.54, 1.807) is 6.92 Å². The van der Waals surface area contributed by atoms with Gasteiger partial charge in [-0.25, -0.2) is 0 Å². The Bertz CT molecular complexity index is 370. The van der Waals surface area contributed by atoms with Crippen molar-refractivity contribution < 1.29 is 9.90 Å². The van der Waals surface area contributed by atoms with Gasteiger partial charge in [0.25, 0.3) is 0 Å². The molecule has 1 N–H and O–H groups in total. The second-order valence-corrected chi connectivity index (χ2v) is 4.81. The number of nitrogens with zero attached hydrogens (tertiary/aromatic N) is 1. The molecule has 3 nitrogen and oxygen atoms in total. The van der Waals surface area contributed by atoms with Crippen LogP contribution >= 0.6 is 0 Å². The molecule has 0 heterocycles. The Labute approximate surface area is 103 Å². The van der Waals surface area contributed by atoms with E-state index in [1.807, 2.05) is 24.3 Å². The Hall–Kier alpha value is -1.35. The lowest BCUT2D eigenvalue weighted by molar-refractivity contribution is -0.138. The first kappa shape index (κ1) is 13.7. The number of hydrogen-bond acceptors (Lipinski definition) is 2. The molecule has 3 heteroatoms. The Morgan fingerprint density at radius 3 is 2.18 bits per heavy atom. The van der Waals surface area contributed by atoms with Crippen LogP contribution in [-0.2, 0) is 11.3 Å². The maximum atomic E-state index is 10.8. The second kappa shape index (κ2) is 5.82. The molecule has 1 aromatic carbocycles. The highest BCUT2D eigenvalue weighted by Crippen LogP contribution is 2.16. The monoisotopic (exact) mass is 235 g/mol. The van der Waals surface area contributed by atoms with Gasteiger partial charge in [0.2, 0.25) is 0 Å². The van der Waals surface area contributed by atoms with E-state index >= 15 is 0 Å². The highest BCUT2D eigenvalue weighted by Gasteiger charge is 2.13. The minimum atomic E-state index is -0.781. The Morgan fingerprint density at radius 2 is 1.76 bits per heavy atom. The van der Waals surface area contributed by atoms with Gasteiger partial charge in [0.1, 0.15) is 0 Å². The lowest BCUT2D eigenvalue weighted by atomic mass is 10.00. The van der Waals surface area contributed by atoms with Crippen LogP contribution in [0.5, 0.6) is 0 Å². The van der Waals surface area contributed by atoms with Crippen LogP contribution in [-0.4, -0.2) is 29.1 Å². The average molecular weight is 235 g/mol. The zero-order valence-corrected chi connectivity index (χ0v) is 11.0. The standard InChI is InChI=1S/C14H21NO2/c1-10(2)15(4)9-12-5-7-13(8-6-12)11(3)14(16)17/h5-8,10-11H,9H2,1-4H3,(H,16,17). The highest BCUT2D eigenvalue weighted by atomic mass is 16.4. The number of benzene rings is 1. The molecule has 0 amide bonds. The molecule has 17 heavy (non-hydrogen) atoms. The third-order valence-electron chi connectivity index (χ3n) is 3.16. The van der Waals surface area contributed by atoms with Crippen molar-refractivity contribution in [3.8, 4) is 0 Å². The molecule has 0 aliphatic rings. The van der Waals surface area contributed by atoms with Gasteiger partial charge in [-0.3, -0.25) is 9.69 Å². The van der Waals surface area contributed by atoms with Gasteiger partial charge in [0.15, 0.2) is 0 Å². The zero-order valence-electron chi connectivity index (χ0n) is 11.0. The molecule has 0 radical (unpaired) electrons. The van der Waals surface area contributed by atoms with Crippen molar-refractivity contribution in [3.63, 3.8) is 0 Å². The Balaban J connectivity index is 2.71. The number of rotatable bonds is 5. The minimum Gasteiger partial charge on any atom is -0.481 e. The molecule has 0 aromatic heterocycles. The van der Waals surface area contributed by atoms with Gasteiger partial charge in [0, 0.05) is 12.6 Å². The molecule has 1 unspecified atom stereocenters. The van der Waals surface area contributed by atoms with Crippen LogP contribution in [0.2, 0.25) is 0 Å². The molecule has 0 spiro atoms. The third-order valence-corrected chi connectivity index (χ3v) is 3.16. The largest absolute Gasteiger partial charge is 0.481 e. The van der Waals surface area contributed by atoms with E-state index in [4.69, 9.17) is 5.11 Å². The van der Waals surface area contributed by atoms with E-state index in [0.29, 0.717) is 6.04 Å². The summed E-state index contributed by atoms with van der Waals surface area (Å²) < 4.78 is 0. The number of aliphatic carboxylic acids is 1. The summed E-state index contributed by atoms with van der Waals surface area (Å²) in [5.74, 6) is -1.22. The summed E-state index contributed by atoms with van der Waals surface area (Å²) in [5.41, 5.74) is 2.07. The molecule has 0 aliphatic carbocycles. The third kappa shape index (κ3) is 3.86. The highest BCUT2D eigenvalue weighted by molar-refractivity contribution is 5.75. The van der Waals surface area contributed by atoms with Crippen LogP contribution in [0, 0.1) is 0 Å². The van der Waals surface area contributed by atoms with E-state index in [0.717, 1.165) is 12.1 Å². The van der Waals surface area contributed by atoms with Crippen LogP contribution in [0.3, 0.4) is 0 Å². The van der Waals surface area contributed by atoms with Gasteiger partial charge in [-0.05, 0) is 38.9 Å². The fraction of sp³-hybridized carbons (Fsp3) is 0.500. The van der Waals surface area contributed by atoms with Crippen LogP contribution < -0.4 is 0 Å². The molecule has 94 valence electrons. The van der Waals surface area contributed by atoms with Crippen LogP contribution in [0.25, 0.3) is 0 Å². The first-order chi connectivity index (χ1) is 7.91. The predicted molar refractivity (Wildman–Crippen MR) is 69.1 cm³/mol. The molecule has 1 atom stereocenters. The maximum Gasteiger partial charge on any atom is 0.310 e. The summed E-state index contributed by atoms with van der Waals surface area (Å²) in [5, 5.41) is 8.91. The van der Waals surface area contributed by atoms with Crippen molar-refractivity contribution in [2.24, 2.45) is 0 Å². The smallest absolute Gasteiger partial charge is 0.310 e. The van der Waals surface area contributed by atoms with Crippen molar-refractivity contribution in [2.45, 2.75) is 39.3 Å². The van der Waals surface area contributed by atoms with E-state index in [2.05, 4.69) is 25.8 Å². The average Bonchev–Trinajstić information content (AvgIpc) is 2.28. The number of carboxylic acids is 1. The number of carboxylic acid groups (broad SMARTS) is 1. The van der Waals surface area contributed by atoms with Gasteiger partial charge in [-0.15, -0.1) is 0 Å². The molecule has 0 saturated heterocycles. The van der Waals surface area contributed by atoms with Crippen molar-refractivity contribution in [3.05, 3.63) is 35.4 Å². The van der Waals surface area contributed by atoms with Gasteiger partial charge in [-0.1, -0.05) is 24.3 Å². The van der Waals surface area contributed by atoms with E-state index in [1.165, 1.54) is 5.56 Å². The van der Waals surface area contributed by atoms with Gasteiger partial charge in [0.05, 0.1) is 5.92 Å². The first-order valence-electron chi connectivity index (χ1n) is 5.93. The van der Waals surface area contributed by atoms with Crippen molar-refractivity contribution in [1.29, 1.82) is 0 Å². The van der Waals surface area contributed by atoms with Gasteiger partial charge in [-0.2, -0.15) is 0 Å². The van der Waals surface area contributed by atoms with E-state index < -0.39 is 11.9 Å². The van der Waals surface area contributed by atoms with Crippen molar-refractivity contribution in [1.82, 2.24) is 4.90 Å². The van der Waals surface area contributed by atoms with Crippen LogP contribution in [0.4, 0.5) is 0 Å². The normalized spacial score (nSPS) is 13.1. The fourth-order valence-electron chi connectivity index (χ4n) is 1.52. The molecular formula is C14H21NO2. The van der Waals surface area contributed by atoms with Crippen molar-refractivity contribution >= 4 is 5.97 Å². The maximum absolute atomic E-state index is 10.8.